The molecule has 0 bridgehead atoms. The summed E-state index contributed by atoms with van der Waals surface area (Å²) in [5.41, 5.74) is 0.605. The summed E-state index contributed by atoms with van der Waals surface area (Å²) in [6.45, 7) is 10.2. The van der Waals surface area contributed by atoms with Crippen LogP contribution in [0.4, 0.5) is 0 Å². The predicted octanol–water partition coefficient (Wildman–Crippen LogP) is 2.96. The summed E-state index contributed by atoms with van der Waals surface area (Å²) in [4.78, 5) is 0. The lowest BCUT2D eigenvalue weighted by atomic mass is 10.1. The molecule has 1 aromatic heterocycles. The van der Waals surface area contributed by atoms with Crippen LogP contribution in [0.15, 0.2) is 24.3 Å². The molecular formula is C14H20N4O. The first kappa shape index (κ1) is 13.5. The summed E-state index contributed by atoms with van der Waals surface area (Å²) in [6, 6.07) is 7.80. The number of tetrazole rings is 1. The molecule has 2 aromatic rings. The van der Waals surface area contributed by atoms with Gasteiger partial charge in [-0.1, -0.05) is 26.0 Å². The van der Waals surface area contributed by atoms with Crippen molar-refractivity contribution in [3.8, 4) is 11.4 Å². The van der Waals surface area contributed by atoms with Crippen LogP contribution in [0, 0.1) is 0 Å². The van der Waals surface area contributed by atoms with Gasteiger partial charge in [0.25, 0.3) is 0 Å². The lowest BCUT2D eigenvalue weighted by Crippen LogP contribution is -2.24. The van der Waals surface area contributed by atoms with Crippen molar-refractivity contribution in [2.24, 2.45) is 0 Å². The number of nitrogens with zero attached hydrogens (tertiary/aromatic N) is 4. The molecule has 0 unspecified atom stereocenters. The molecule has 0 aliphatic rings. The quantitative estimate of drug-likeness (QED) is 0.851. The van der Waals surface area contributed by atoms with Gasteiger partial charge in [0.1, 0.15) is 17.0 Å². The molecule has 5 nitrogen and oxygen atoms in total. The van der Waals surface area contributed by atoms with Gasteiger partial charge in [0, 0.05) is 5.92 Å². The highest BCUT2D eigenvalue weighted by molar-refractivity contribution is 5.46. The summed E-state index contributed by atoms with van der Waals surface area (Å²) in [5, 5.41) is 11.9. The molecular weight excluding hydrogens is 240 g/mol. The lowest BCUT2D eigenvalue weighted by molar-refractivity contribution is 0.130. The van der Waals surface area contributed by atoms with E-state index >= 15 is 0 Å². The van der Waals surface area contributed by atoms with E-state index < -0.39 is 0 Å². The van der Waals surface area contributed by atoms with Crippen LogP contribution in [0.2, 0.25) is 0 Å². The largest absolute Gasteiger partial charge is 0.486 e. The van der Waals surface area contributed by atoms with Gasteiger partial charge >= 0.3 is 0 Å². The molecule has 0 spiro atoms. The Bertz CT molecular complexity index is 555. The van der Waals surface area contributed by atoms with Gasteiger partial charge in [0.05, 0.1) is 0 Å². The minimum atomic E-state index is -0.262. The smallest absolute Gasteiger partial charge is 0.159 e. The molecule has 19 heavy (non-hydrogen) atoms. The fourth-order valence-corrected chi connectivity index (χ4v) is 1.77. The fraction of sp³-hybridized carbons (Fsp3) is 0.500. The van der Waals surface area contributed by atoms with Crippen molar-refractivity contribution in [2.45, 2.75) is 46.1 Å². The van der Waals surface area contributed by atoms with Crippen molar-refractivity contribution in [3.63, 3.8) is 0 Å². The lowest BCUT2D eigenvalue weighted by Gasteiger charge is -2.23. The Balaban J connectivity index is 2.47. The summed E-state index contributed by atoms with van der Waals surface area (Å²) in [7, 11) is 0. The number of hydrogen-bond acceptors (Lipinski definition) is 4. The normalized spacial score (nSPS) is 11.9. The third-order valence-electron chi connectivity index (χ3n) is 2.52. The number of hydrogen-bond donors (Lipinski definition) is 0. The summed E-state index contributed by atoms with van der Waals surface area (Å²) in [5.74, 6) is 1.85. The van der Waals surface area contributed by atoms with E-state index in [1.54, 1.807) is 4.68 Å². The zero-order valence-electron chi connectivity index (χ0n) is 12.1. The van der Waals surface area contributed by atoms with Gasteiger partial charge in [-0.25, -0.2) is 0 Å². The Morgan fingerprint density at radius 2 is 1.84 bits per heavy atom. The molecule has 0 fully saturated rings. The third-order valence-corrected chi connectivity index (χ3v) is 2.52. The van der Waals surface area contributed by atoms with Gasteiger partial charge in [0.15, 0.2) is 5.82 Å². The second-order valence-corrected chi connectivity index (χ2v) is 5.79. The van der Waals surface area contributed by atoms with Crippen LogP contribution in [0.3, 0.4) is 0 Å². The first-order valence-corrected chi connectivity index (χ1v) is 6.45. The molecule has 1 aromatic carbocycles. The van der Waals surface area contributed by atoms with Crippen molar-refractivity contribution in [2.75, 3.05) is 0 Å². The Morgan fingerprint density at radius 3 is 2.47 bits per heavy atom. The average molecular weight is 260 g/mol. The molecule has 5 heteroatoms. The van der Waals surface area contributed by atoms with Crippen molar-refractivity contribution in [1.29, 1.82) is 0 Å². The van der Waals surface area contributed by atoms with E-state index in [9.17, 15) is 0 Å². The zero-order valence-corrected chi connectivity index (χ0v) is 12.1. The molecule has 0 saturated heterocycles. The number of benzene rings is 1. The van der Waals surface area contributed by atoms with Gasteiger partial charge in [-0.2, -0.15) is 4.68 Å². The number of rotatable bonds is 3. The maximum atomic E-state index is 5.97. The maximum Gasteiger partial charge on any atom is 0.159 e. The van der Waals surface area contributed by atoms with Crippen molar-refractivity contribution < 1.29 is 4.74 Å². The molecule has 0 aliphatic heterocycles. The Morgan fingerprint density at radius 1 is 1.16 bits per heavy atom. The topological polar surface area (TPSA) is 52.8 Å². The minimum absolute atomic E-state index is 0.248. The Kier molecular flexibility index (Phi) is 3.55. The predicted molar refractivity (Wildman–Crippen MR) is 73.6 cm³/mol. The number of ether oxygens (including phenoxy) is 1. The summed E-state index contributed by atoms with van der Waals surface area (Å²) in [6.07, 6.45) is 0. The molecule has 0 amide bonds. The van der Waals surface area contributed by atoms with Crippen molar-refractivity contribution >= 4 is 0 Å². The summed E-state index contributed by atoms with van der Waals surface area (Å²) >= 11 is 0. The molecule has 0 radical (unpaired) electrons. The molecule has 102 valence electrons. The number of para-hydroxylation sites is 2. The SMILES string of the molecule is CC(C)c1nnnn1-c1ccccc1OC(C)(C)C. The maximum absolute atomic E-state index is 5.97. The van der Waals surface area contributed by atoms with Crippen LogP contribution in [0.25, 0.3) is 5.69 Å². The van der Waals surface area contributed by atoms with Gasteiger partial charge in [0.2, 0.25) is 0 Å². The van der Waals surface area contributed by atoms with E-state index in [0.717, 1.165) is 17.3 Å². The van der Waals surface area contributed by atoms with Crippen LogP contribution in [-0.4, -0.2) is 25.8 Å². The van der Waals surface area contributed by atoms with E-state index in [-0.39, 0.29) is 11.5 Å². The average Bonchev–Trinajstić information content (AvgIpc) is 2.76. The van der Waals surface area contributed by atoms with Crippen LogP contribution in [0.1, 0.15) is 46.4 Å². The van der Waals surface area contributed by atoms with Crippen LogP contribution >= 0.6 is 0 Å². The molecule has 0 atom stereocenters. The highest BCUT2D eigenvalue weighted by Gasteiger charge is 2.18. The highest BCUT2D eigenvalue weighted by atomic mass is 16.5. The van der Waals surface area contributed by atoms with Crippen LogP contribution in [0.5, 0.6) is 5.75 Å². The van der Waals surface area contributed by atoms with Crippen molar-refractivity contribution in [1.82, 2.24) is 20.2 Å². The van der Waals surface area contributed by atoms with E-state index in [1.165, 1.54) is 0 Å². The van der Waals surface area contributed by atoms with Crippen LogP contribution in [-0.2, 0) is 0 Å². The van der Waals surface area contributed by atoms with E-state index in [4.69, 9.17) is 4.74 Å². The third kappa shape index (κ3) is 3.10. The monoisotopic (exact) mass is 260 g/mol. The van der Waals surface area contributed by atoms with E-state index in [0.29, 0.717) is 0 Å². The van der Waals surface area contributed by atoms with Crippen molar-refractivity contribution in [3.05, 3.63) is 30.1 Å². The molecule has 0 N–H and O–H groups in total. The summed E-state index contributed by atoms with van der Waals surface area (Å²) < 4.78 is 7.72. The Hall–Kier alpha value is -1.91. The zero-order chi connectivity index (χ0) is 14.0. The second kappa shape index (κ2) is 4.99. The van der Waals surface area contributed by atoms with Gasteiger partial charge in [-0.15, -0.1) is 5.10 Å². The molecule has 0 aliphatic carbocycles. The first-order chi connectivity index (χ1) is 8.88. The standard InChI is InChI=1S/C14H20N4O/c1-10(2)13-15-16-17-18(13)11-8-6-7-9-12(11)19-14(3,4)5/h6-10H,1-5H3. The fourth-order valence-electron chi connectivity index (χ4n) is 1.77. The van der Waals surface area contributed by atoms with Gasteiger partial charge in [-0.3, -0.25) is 0 Å². The second-order valence-electron chi connectivity index (χ2n) is 5.79. The van der Waals surface area contributed by atoms with Gasteiger partial charge < -0.3 is 4.74 Å². The molecule has 1 heterocycles. The molecule has 2 rings (SSSR count). The highest BCUT2D eigenvalue weighted by Crippen LogP contribution is 2.27. The number of aromatic nitrogens is 4. The first-order valence-electron chi connectivity index (χ1n) is 6.45. The Labute approximate surface area is 113 Å². The van der Waals surface area contributed by atoms with E-state index in [1.807, 2.05) is 45.0 Å². The van der Waals surface area contributed by atoms with Crippen LogP contribution < -0.4 is 4.74 Å². The van der Waals surface area contributed by atoms with Gasteiger partial charge in [-0.05, 0) is 43.3 Å². The minimum Gasteiger partial charge on any atom is -0.486 e. The molecule has 0 saturated carbocycles. The van der Waals surface area contributed by atoms with E-state index in [2.05, 4.69) is 29.4 Å².